The van der Waals surface area contributed by atoms with Gasteiger partial charge in [0.25, 0.3) is 0 Å². The second-order valence-electron chi connectivity index (χ2n) is 2.97. The van der Waals surface area contributed by atoms with Crippen molar-refractivity contribution in [3.8, 4) is 17.6 Å². The first-order valence-corrected chi connectivity index (χ1v) is 4.63. The van der Waals surface area contributed by atoms with E-state index in [0.29, 0.717) is 0 Å². The minimum absolute atomic E-state index is 0.896. The molecule has 0 N–H and O–H groups in total. The van der Waals surface area contributed by atoms with E-state index in [2.05, 4.69) is 15.4 Å². The summed E-state index contributed by atoms with van der Waals surface area (Å²) in [6.45, 7) is 0. The molecule has 0 aliphatic heterocycles. The molecular formula is C12H8F4O2. The second kappa shape index (κ2) is 5.96. The average molecular weight is 260 g/mol. The fourth-order valence-corrected chi connectivity index (χ4v) is 1.12. The zero-order valence-electron chi connectivity index (χ0n) is 9.48. The third-order valence-electron chi connectivity index (χ3n) is 1.91. The largest absolute Gasteiger partial charge is 0.504 e. The lowest BCUT2D eigenvalue weighted by atomic mass is 10.1. The molecule has 0 aliphatic carbocycles. The monoisotopic (exact) mass is 260 g/mol. The number of hydrogen-bond acceptors (Lipinski definition) is 2. The summed E-state index contributed by atoms with van der Waals surface area (Å²) in [6, 6.07) is 0. The maximum Gasteiger partial charge on any atom is 0.205 e. The molecule has 96 valence electrons. The Morgan fingerprint density at radius 1 is 0.944 bits per heavy atom. The molecule has 6 heteroatoms. The lowest BCUT2D eigenvalue weighted by Gasteiger charge is -2.07. The highest BCUT2D eigenvalue weighted by Crippen LogP contribution is 2.29. The van der Waals surface area contributed by atoms with Gasteiger partial charge in [0, 0.05) is 6.08 Å². The number of allylic oxidation sites excluding steroid dienone is 1. The molecule has 0 aromatic heterocycles. The van der Waals surface area contributed by atoms with Crippen molar-refractivity contribution in [2.24, 2.45) is 0 Å². The molecule has 0 saturated heterocycles. The quantitative estimate of drug-likeness (QED) is 0.352. The maximum absolute atomic E-state index is 13.4. The van der Waals surface area contributed by atoms with Gasteiger partial charge in [-0.3, -0.25) is 0 Å². The highest BCUT2D eigenvalue weighted by atomic mass is 19.2. The van der Waals surface area contributed by atoms with Gasteiger partial charge in [0.15, 0.2) is 17.4 Å². The van der Waals surface area contributed by atoms with E-state index in [1.54, 1.807) is 0 Å². The van der Waals surface area contributed by atoms with Crippen molar-refractivity contribution in [2.45, 2.75) is 0 Å². The van der Waals surface area contributed by atoms with E-state index in [1.807, 2.05) is 5.92 Å². The standard InChI is InChI=1S/C12H8F4O2/c1-17-6-4-3-5-7-8(13)10(15)12(18-2)11(16)9(7)14/h4,6H,1-2H3/b6-4-. The first-order valence-electron chi connectivity index (χ1n) is 4.63. The Balaban J connectivity index is 3.37. The summed E-state index contributed by atoms with van der Waals surface area (Å²) in [5.74, 6) is -3.48. The van der Waals surface area contributed by atoms with Crippen LogP contribution in [0.1, 0.15) is 5.56 Å². The number of rotatable bonds is 2. The lowest BCUT2D eigenvalue weighted by molar-refractivity contribution is 0.331. The third kappa shape index (κ3) is 2.56. The topological polar surface area (TPSA) is 18.5 Å². The van der Waals surface area contributed by atoms with Gasteiger partial charge in [-0.1, -0.05) is 11.8 Å². The molecule has 0 bridgehead atoms. The number of benzene rings is 1. The van der Waals surface area contributed by atoms with Gasteiger partial charge < -0.3 is 9.47 Å². The Morgan fingerprint density at radius 3 is 1.94 bits per heavy atom. The highest BCUT2D eigenvalue weighted by Gasteiger charge is 2.25. The van der Waals surface area contributed by atoms with E-state index in [9.17, 15) is 17.6 Å². The van der Waals surface area contributed by atoms with Crippen LogP contribution in [-0.4, -0.2) is 14.2 Å². The normalized spacial score (nSPS) is 10.1. The molecule has 1 aromatic rings. The van der Waals surface area contributed by atoms with E-state index >= 15 is 0 Å². The number of methoxy groups -OCH3 is 2. The number of ether oxygens (including phenoxy) is 2. The van der Waals surface area contributed by atoms with E-state index in [-0.39, 0.29) is 0 Å². The predicted octanol–water partition coefficient (Wildman–Crippen LogP) is 2.76. The second-order valence-corrected chi connectivity index (χ2v) is 2.97. The van der Waals surface area contributed by atoms with Crippen LogP contribution in [0.15, 0.2) is 12.3 Å². The molecule has 0 saturated carbocycles. The Bertz CT molecular complexity index is 512. The summed E-state index contributed by atoms with van der Waals surface area (Å²) >= 11 is 0. The van der Waals surface area contributed by atoms with E-state index in [0.717, 1.165) is 19.4 Å². The minimum Gasteiger partial charge on any atom is -0.504 e. The van der Waals surface area contributed by atoms with E-state index in [4.69, 9.17) is 0 Å². The van der Waals surface area contributed by atoms with Gasteiger partial charge in [0.2, 0.25) is 11.6 Å². The van der Waals surface area contributed by atoms with Crippen LogP contribution in [0.2, 0.25) is 0 Å². The summed E-state index contributed by atoms with van der Waals surface area (Å²) in [7, 11) is 2.24. The smallest absolute Gasteiger partial charge is 0.205 e. The van der Waals surface area contributed by atoms with Gasteiger partial charge >= 0.3 is 0 Å². The van der Waals surface area contributed by atoms with Gasteiger partial charge in [-0.2, -0.15) is 8.78 Å². The van der Waals surface area contributed by atoms with Crippen molar-refractivity contribution in [2.75, 3.05) is 14.2 Å². The maximum atomic E-state index is 13.4. The first-order chi connectivity index (χ1) is 8.54. The average Bonchev–Trinajstić information content (AvgIpc) is 2.36. The first kappa shape index (κ1) is 13.9. The molecule has 0 unspecified atom stereocenters. The molecule has 1 rings (SSSR count). The molecule has 0 radical (unpaired) electrons. The molecule has 0 spiro atoms. The van der Waals surface area contributed by atoms with Gasteiger partial charge in [-0.05, 0) is 0 Å². The minimum atomic E-state index is -1.63. The van der Waals surface area contributed by atoms with Crippen molar-refractivity contribution < 1.29 is 27.0 Å². The molecule has 0 heterocycles. The van der Waals surface area contributed by atoms with Crippen LogP contribution in [0.4, 0.5) is 17.6 Å². The van der Waals surface area contributed by atoms with Crippen molar-refractivity contribution in [3.63, 3.8) is 0 Å². The Kier molecular flexibility index (Phi) is 4.60. The lowest BCUT2D eigenvalue weighted by Crippen LogP contribution is -2.04. The molecular weight excluding hydrogens is 252 g/mol. The SMILES string of the molecule is CO/C=C\C#Cc1c(F)c(F)c(OC)c(F)c1F. The van der Waals surface area contributed by atoms with Crippen molar-refractivity contribution in [3.05, 3.63) is 41.2 Å². The molecule has 1 aromatic carbocycles. The van der Waals surface area contributed by atoms with Gasteiger partial charge in [0.1, 0.15) is 5.56 Å². The van der Waals surface area contributed by atoms with Crippen LogP contribution in [-0.2, 0) is 4.74 Å². The number of hydrogen-bond donors (Lipinski definition) is 0. The fraction of sp³-hybridized carbons (Fsp3) is 0.167. The number of halogens is 4. The molecule has 0 fully saturated rings. The van der Waals surface area contributed by atoms with Crippen LogP contribution < -0.4 is 4.74 Å². The van der Waals surface area contributed by atoms with Crippen molar-refractivity contribution >= 4 is 0 Å². The van der Waals surface area contributed by atoms with Crippen LogP contribution in [0, 0.1) is 35.1 Å². The fourth-order valence-electron chi connectivity index (χ4n) is 1.12. The molecule has 0 aliphatic rings. The summed E-state index contributed by atoms with van der Waals surface area (Å²) < 4.78 is 62.0. The van der Waals surface area contributed by atoms with Gasteiger partial charge in [0.05, 0.1) is 20.5 Å². The van der Waals surface area contributed by atoms with Gasteiger partial charge in [-0.15, -0.1) is 0 Å². The summed E-state index contributed by atoms with van der Waals surface area (Å²) in [5, 5.41) is 0. The van der Waals surface area contributed by atoms with Crippen LogP contribution in [0.25, 0.3) is 0 Å². The Labute approximate surface area is 101 Å². The predicted molar refractivity (Wildman–Crippen MR) is 55.9 cm³/mol. The van der Waals surface area contributed by atoms with Crippen molar-refractivity contribution in [1.82, 2.24) is 0 Å². The van der Waals surface area contributed by atoms with Crippen molar-refractivity contribution in [1.29, 1.82) is 0 Å². The molecule has 2 nitrogen and oxygen atoms in total. The zero-order chi connectivity index (χ0) is 13.7. The molecule has 18 heavy (non-hydrogen) atoms. The molecule has 0 amide bonds. The molecule has 0 atom stereocenters. The summed E-state index contributed by atoms with van der Waals surface area (Å²) in [4.78, 5) is 0. The Hall–Kier alpha value is -2.16. The third-order valence-corrected chi connectivity index (χ3v) is 1.91. The summed E-state index contributed by atoms with van der Waals surface area (Å²) in [6.07, 6.45) is 2.26. The zero-order valence-corrected chi connectivity index (χ0v) is 9.48. The summed E-state index contributed by atoms with van der Waals surface area (Å²) in [5.41, 5.74) is -1.01. The van der Waals surface area contributed by atoms with Crippen LogP contribution in [0.3, 0.4) is 0 Å². The highest BCUT2D eigenvalue weighted by molar-refractivity contribution is 5.44. The van der Waals surface area contributed by atoms with Crippen LogP contribution >= 0.6 is 0 Å². The van der Waals surface area contributed by atoms with Crippen LogP contribution in [0.5, 0.6) is 5.75 Å². The van der Waals surface area contributed by atoms with E-state index in [1.165, 1.54) is 7.11 Å². The Morgan fingerprint density at radius 2 is 1.50 bits per heavy atom. The van der Waals surface area contributed by atoms with Gasteiger partial charge in [-0.25, -0.2) is 8.78 Å². The van der Waals surface area contributed by atoms with E-state index < -0.39 is 34.6 Å².